The van der Waals surface area contributed by atoms with Gasteiger partial charge in [0.1, 0.15) is 12.4 Å². The number of hydrogen-bond donors (Lipinski definition) is 0. The second-order valence-electron chi connectivity index (χ2n) is 3.83. The Morgan fingerprint density at radius 2 is 2.25 bits per heavy atom. The predicted octanol–water partition coefficient (Wildman–Crippen LogP) is -0.812. The number of sulfone groups is 1. The zero-order valence-corrected chi connectivity index (χ0v) is 10.3. The average molecular weight is 237 g/mol. The Bertz CT molecular complexity index is 503. The molecule has 84 valence electrons. The lowest BCUT2D eigenvalue weighted by atomic mass is 9.65. The van der Waals surface area contributed by atoms with E-state index in [2.05, 4.69) is 4.81 Å². The monoisotopic (exact) mass is 237 g/mol. The largest absolute Gasteiger partial charge is 0.490 e. The van der Waals surface area contributed by atoms with Crippen molar-refractivity contribution in [2.45, 2.75) is 4.90 Å². The first-order chi connectivity index (χ1) is 7.52. The molecule has 0 aliphatic carbocycles. The van der Waals surface area contributed by atoms with Crippen LogP contribution in [0.15, 0.2) is 23.1 Å². The molecule has 0 aromatic heterocycles. The first kappa shape index (κ1) is 11.4. The molecular weight excluding hydrogens is 224 g/mol. The molecule has 1 aromatic carbocycles. The topological polar surface area (TPSA) is 46.6 Å². The van der Waals surface area contributed by atoms with Crippen LogP contribution in [0.5, 0.6) is 5.75 Å². The molecule has 2 rings (SSSR count). The number of fused-ring (bicyclic) bond motifs is 1. The van der Waals surface area contributed by atoms with Gasteiger partial charge >= 0.3 is 0 Å². The molecule has 1 heterocycles. The normalized spacial score (nSPS) is 15.2. The van der Waals surface area contributed by atoms with Gasteiger partial charge in [0.15, 0.2) is 17.1 Å². The van der Waals surface area contributed by atoms with Crippen molar-refractivity contribution < 1.29 is 13.2 Å². The average Bonchev–Trinajstić information content (AvgIpc) is 2.26. The molecule has 0 spiro atoms. The summed E-state index contributed by atoms with van der Waals surface area (Å²) in [6.45, 7) is 1.45. The molecule has 0 fully saturated rings. The molecule has 0 bridgehead atoms. The highest BCUT2D eigenvalue weighted by Gasteiger charge is 2.19. The summed E-state index contributed by atoms with van der Waals surface area (Å²) in [5, 5.41) is 0. The fourth-order valence-electron chi connectivity index (χ4n) is 1.81. The zero-order valence-electron chi connectivity index (χ0n) is 9.43. The van der Waals surface area contributed by atoms with Gasteiger partial charge in [-0.3, -0.25) is 0 Å². The van der Waals surface area contributed by atoms with Gasteiger partial charge in [-0.15, -0.1) is 0 Å². The number of benzene rings is 1. The fourth-order valence-corrected chi connectivity index (χ4v) is 2.45. The third-order valence-electron chi connectivity index (χ3n) is 2.70. The molecule has 16 heavy (non-hydrogen) atoms. The molecule has 1 aromatic rings. The first-order valence-electron chi connectivity index (χ1n) is 5.24. The van der Waals surface area contributed by atoms with Crippen LogP contribution >= 0.6 is 0 Å². The molecular formula is C9H13B2NO3S. The highest BCUT2D eigenvalue weighted by atomic mass is 32.2. The van der Waals surface area contributed by atoms with Gasteiger partial charge in [0.25, 0.3) is 0 Å². The van der Waals surface area contributed by atoms with Crippen LogP contribution in [-0.2, 0) is 9.84 Å². The molecule has 0 saturated heterocycles. The van der Waals surface area contributed by atoms with E-state index < -0.39 is 9.84 Å². The Hall–Kier alpha value is -1.10. The maximum Gasteiger partial charge on any atom is 0.192 e. The van der Waals surface area contributed by atoms with Crippen molar-refractivity contribution in [1.82, 2.24) is 0 Å². The minimum absolute atomic E-state index is 0.343. The van der Waals surface area contributed by atoms with E-state index in [1.165, 1.54) is 6.26 Å². The van der Waals surface area contributed by atoms with Crippen LogP contribution < -0.4 is 9.55 Å². The van der Waals surface area contributed by atoms with E-state index in [0.717, 1.165) is 25.3 Å². The van der Waals surface area contributed by atoms with Crippen LogP contribution in [0.1, 0.15) is 0 Å². The zero-order chi connectivity index (χ0) is 11.8. The standard InChI is InChI=1S/C9H13B2NO3S/c1-16(13,14)7-2-3-9-8(6-7)12(11-10)4-5-15-9/h2-3,6,11H,4-5,10H2,1H3. The van der Waals surface area contributed by atoms with Gasteiger partial charge in [0.2, 0.25) is 0 Å². The number of anilines is 1. The van der Waals surface area contributed by atoms with E-state index in [9.17, 15) is 8.42 Å². The van der Waals surface area contributed by atoms with E-state index in [1.807, 2.05) is 7.74 Å². The lowest BCUT2D eigenvalue weighted by Crippen LogP contribution is -2.36. The van der Waals surface area contributed by atoms with Crippen molar-refractivity contribution in [3.63, 3.8) is 0 Å². The van der Waals surface area contributed by atoms with Gasteiger partial charge < -0.3 is 9.55 Å². The van der Waals surface area contributed by atoms with E-state index in [-0.39, 0.29) is 0 Å². The number of nitrogens with zero attached hydrogens (tertiary/aromatic N) is 1. The summed E-state index contributed by atoms with van der Waals surface area (Å²) in [5.41, 5.74) is 0.872. The molecule has 0 unspecified atom stereocenters. The number of ether oxygens (including phenoxy) is 1. The summed E-state index contributed by atoms with van der Waals surface area (Å²) in [5.74, 6) is 0.764. The predicted molar refractivity (Wildman–Crippen MR) is 68.1 cm³/mol. The van der Waals surface area contributed by atoms with Gasteiger partial charge in [-0.25, -0.2) is 8.42 Å². The summed E-state index contributed by atoms with van der Waals surface area (Å²) >= 11 is 0. The van der Waals surface area contributed by atoms with Gasteiger partial charge in [0.05, 0.1) is 18.3 Å². The maximum absolute atomic E-state index is 11.5. The van der Waals surface area contributed by atoms with Gasteiger partial charge in [0, 0.05) is 12.8 Å². The molecule has 1 aliphatic heterocycles. The SMILES string of the molecule is BBN1CCOc2ccc(S(C)(=O)=O)cc21. The van der Waals surface area contributed by atoms with Crippen LogP contribution in [-0.4, -0.2) is 42.9 Å². The Balaban J connectivity index is 2.51. The van der Waals surface area contributed by atoms with Crippen molar-refractivity contribution >= 4 is 30.6 Å². The van der Waals surface area contributed by atoms with E-state index in [0.29, 0.717) is 11.5 Å². The minimum Gasteiger partial charge on any atom is -0.490 e. The van der Waals surface area contributed by atoms with Gasteiger partial charge in [-0.1, -0.05) is 0 Å². The third kappa shape index (κ3) is 2.04. The molecule has 0 N–H and O–H groups in total. The molecule has 4 nitrogen and oxygen atoms in total. The summed E-state index contributed by atoms with van der Waals surface area (Å²) < 4.78 is 28.4. The highest BCUT2D eigenvalue weighted by molar-refractivity contribution is 7.90. The van der Waals surface area contributed by atoms with Crippen molar-refractivity contribution in [2.75, 3.05) is 24.2 Å². The second kappa shape index (κ2) is 4.05. The van der Waals surface area contributed by atoms with E-state index in [4.69, 9.17) is 4.74 Å². The third-order valence-corrected chi connectivity index (χ3v) is 3.81. The summed E-state index contributed by atoms with van der Waals surface area (Å²) in [7, 11) is -0.256. The smallest absolute Gasteiger partial charge is 0.192 e. The lowest BCUT2D eigenvalue weighted by molar-refractivity contribution is 0.316. The van der Waals surface area contributed by atoms with E-state index in [1.54, 1.807) is 18.2 Å². The summed E-state index contributed by atoms with van der Waals surface area (Å²) in [4.78, 5) is 2.46. The summed E-state index contributed by atoms with van der Waals surface area (Å²) in [6, 6.07) is 5.01. The van der Waals surface area contributed by atoms with E-state index >= 15 is 0 Å². The van der Waals surface area contributed by atoms with Gasteiger partial charge in [-0.05, 0) is 18.2 Å². The van der Waals surface area contributed by atoms with Crippen LogP contribution in [0.25, 0.3) is 0 Å². The van der Waals surface area contributed by atoms with Crippen molar-refractivity contribution in [3.05, 3.63) is 18.2 Å². The molecule has 0 amide bonds. The Morgan fingerprint density at radius 3 is 2.88 bits per heavy atom. The number of rotatable bonds is 2. The Morgan fingerprint density at radius 1 is 1.50 bits per heavy atom. The summed E-state index contributed by atoms with van der Waals surface area (Å²) in [6.07, 6.45) is 1.22. The van der Waals surface area contributed by atoms with Crippen LogP contribution in [0, 0.1) is 0 Å². The molecule has 7 heteroatoms. The van der Waals surface area contributed by atoms with Crippen molar-refractivity contribution in [1.29, 1.82) is 0 Å². The highest BCUT2D eigenvalue weighted by Crippen LogP contribution is 2.32. The van der Waals surface area contributed by atoms with Crippen molar-refractivity contribution in [2.24, 2.45) is 0 Å². The first-order valence-corrected chi connectivity index (χ1v) is 7.13. The number of hydrogen-bond acceptors (Lipinski definition) is 4. The van der Waals surface area contributed by atoms with Crippen LogP contribution in [0.4, 0.5) is 5.69 Å². The molecule has 1 aliphatic rings. The van der Waals surface area contributed by atoms with Crippen molar-refractivity contribution in [3.8, 4) is 5.75 Å². The minimum atomic E-state index is -3.15. The Labute approximate surface area is 97.2 Å². The molecule has 0 saturated carbocycles. The maximum atomic E-state index is 11.5. The van der Waals surface area contributed by atoms with Gasteiger partial charge in [-0.2, -0.15) is 0 Å². The van der Waals surface area contributed by atoms with Crippen LogP contribution in [0.2, 0.25) is 0 Å². The molecule has 0 atom stereocenters. The Kier molecular flexibility index (Phi) is 2.88. The van der Waals surface area contributed by atoms with Crippen LogP contribution in [0.3, 0.4) is 0 Å². The lowest BCUT2D eigenvalue weighted by Gasteiger charge is -2.30. The fraction of sp³-hybridized carbons (Fsp3) is 0.333. The quantitative estimate of drug-likeness (QED) is 0.631. The second-order valence-corrected chi connectivity index (χ2v) is 5.85. The molecule has 0 radical (unpaired) electrons.